The van der Waals surface area contributed by atoms with Crippen molar-refractivity contribution in [3.05, 3.63) is 47.2 Å². The number of hydrogen-bond donors (Lipinski definition) is 1. The Morgan fingerprint density at radius 2 is 2.09 bits per heavy atom. The van der Waals surface area contributed by atoms with E-state index in [2.05, 4.69) is 13.0 Å². The molecule has 0 aliphatic rings. The highest BCUT2D eigenvalue weighted by Crippen LogP contribution is 2.23. The van der Waals surface area contributed by atoms with Gasteiger partial charge in [-0.25, -0.2) is 0 Å². The molecule has 0 bridgehead atoms. The summed E-state index contributed by atoms with van der Waals surface area (Å²) in [6, 6.07) is 8.08. The molecule has 4 nitrogen and oxygen atoms in total. The number of fused-ring (bicyclic) bond motifs is 1. The van der Waals surface area contributed by atoms with Crippen LogP contribution >= 0.6 is 0 Å². The van der Waals surface area contributed by atoms with Crippen molar-refractivity contribution < 1.29 is 14.6 Å². The number of hydrogen-bond acceptors (Lipinski definition) is 3. The van der Waals surface area contributed by atoms with Crippen LogP contribution in [0.4, 0.5) is 0 Å². The van der Waals surface area contributed by atoms with Crippen LogP contribution in [-0.2, 0) is 22.6 Å². The van der Waals surface area contributed by atoms with Gasteiger partial charge < -0.3 is 9.84 Å². The highest BCUT2D eigenvalue weighted by molar-refractivity contribution is 5.83. The molecule has 2 aromatic rings. The van der Waals surface area contributed by atoms with E-state index in [1.165, 1.54) is 0 Å². The second-order valence-electron chi connectivity index (χ2n) is 6.19. The molecule has 1 aromatic carbocycles. The first-order valence-electron chi connectivity index (χ1n) is 7.71. The van der Waals surface area contributed by atoms with Gasteiger partial charge in [-0.15, -0.1) is 0 Å². The number of carboxylic acid groups (broad SMARTS) is 1. The molecule has 2 rings (SSSR count). The van der Waals surface area contributed by atoms with E-state index in [9.17, 15) is 4.79 Å². The predicted molar refractivity (Wildman–Crippen MR) is 92.3 cm³/mol. The molecule has 4 heteroatoms. The van der Waals surface area contributed by atoms with Crippen LogP contribution in [0.25, 0.3) is 17.0 Å². The summed E-state index contributed by atoms with van der Waals surface area (Å²) in [6.45, 7) is 5.99. The van der Waals surface area contributed by atoms with Gasteiger partial charge in [-0.2, -0.15) is 0 Å². The Labute approximate surface area is 136 Å². The molecule has 1 heterocycles. The first kappa shape index (κ1) is 17.2. The smallest absolute Gasteiger partial charge is 0.312 e. The van der Waals surface area contributed by atoms with E-state index in [4.69, 9.17) is 14.8 Å². The second kappa shape index (κ2) is 6.92. The molecule has 0 spiro atoms. The number of pyridine rings is 1. The summed E-state index contributed by atoms with van der Waals surface area (Å²) < 4.78 is 5.23. The van der Waals surface area contributed by atoms with Crippen molar-refractivity contribution >= 4 is 22.9 Å². The molecule has 0 unspecified atom stereocenters. The molecule has 1 aromatic heterocycles. The number of rotatable bonds is 6. The number of carbonyl (C=O) groups is 1. The Bertz CT molecular complexity index is 748. The SMILES string of the molecule is CCc1nc2cc(/C=C/C(C)(C)C(=O)O)ccc2cc1COC. The Morgan fingerprint density at radius 3 is 2.70 bits per heavy atom. The van der Waals surface area contributed by atoms with Crippen molar-refractivity contribution in [1.82, 2.24) is 4.98 Å². The minimum atomic E-state index is -0.890. The molecule has 23 heavy (non-hydrogen) atoms. The normalized spacial score (nSPS) is 12.2. The molecule has 1 N–H and O–H groups in total. The van der Waals surface area contributed by atoms with E-state index >= 15 is 0 Å². The molecule has 0 saturated heterocycles. The molecule has 0 radical (unpaired) electrons. The summed E-state index contributed by atoms with van der Waals surface area (Å²) in [5.74, 6) is -0.842. The van der Waals surface area contributed by atoms with Crippen LogP contribution in [0.15, 0.2) is 30.3 Å². The zero-order chi connectivity index (χ0) is 17.0. The van der Waals surface area contributed by atoms with E-state index in [0.29, 0.717) is 6.61 Å². The lowest BCUT2D eigenvalue weighted by Crippen LogP contribution is -2.20. The molecule has 0 aliphatic carbocycles. The number of methoxy groups -OCH3 is 1. The maximum absolute atomic E-state index is 11.2. The predicted octanol–water partition coefficient (Wildman–Crippen LogP) is 4.07. The van der Waals surface area contributed by atoms with Crippen LogP contribution < -0.4 is 0 Å². The number of nitrogens with zero attached hydrogens (tertiary/aromatic N) is 1. The Balaban J connectivity index is 2.41. The number of aliphatic carboxylic acids is 1. The second-order valence-corrected chi connectivity index (χ2v) is 6.19. The molecular formula is C19H23NO3. The van der Waals surface area contributed by atoms with E-state index in [1.807, 2.05) is 24.3 Å². The highest BCUT2D eigenvalue weighted by atomic mass is 16.5. The zero-order valence-corrected chi connectivity index (χ0v) is 14.1. The lowest BCUT2D eigenvalue weighted by atomic mass is 9.92. The highest BCUT2D eigenvalue weighted by Gasteiger charge is 2.23. The van der Waals surface area contributed by atoms with Gasteiger partial charge in [-0.3, -0.25) is 9.78 Å². The van der Waals surface area contributed by atoms with Gasteiger partial charge in [0.05, 0.1) is 17.5 Å². The third-order valence-electron chi connectivity index (χ3n) is 3.89. The van der Waals surface area contributed by atoms with Gasteiger partial charge >= 0.3 is 5.97 Å². The zero-order valence-electron chi connectivity index (χ0n) is 14.1. The largest absolute Gasteiger partial charge is 0.481 e. The molecule has 122 valence electrons. The topological polar surface area (TPSA) is 59.4 Å². The number of carboxylic acids is 1. The summed E-state index contributed by atoms with van der Waals surface area (Å²) in [6.07, 6.45) is 4.39. The number of benzene rings is 1. The molecule has 0 aliphatic heterocycles. The van der Waals surface area contributed by atoms with E-state index in [0.717, 1.165) is 34.1 Å². The number of ether oxygens (including phenoxy) is 1. The third kappa shape index (κ3) is 3.96. The average Bonchev–Trinajstić information content (AvgIpc) is 2.52. The summed E-state index contributed by atoms with van der Waals surface area (Å²) in [5.41, 5.74) is 3.11. The average molecular weight is 313 g/mol. The van der Waals surface area contributed by atoms with Crippen LogP contribution in [0.3, 0.4) is 0 Å². The maximum atomic E-state index is 11.2. The Kier molecular flexibility index (Phi) is 5.16. The van der Waals surface area contributed by atoms with Crippen molar-refractivity contribution in [3.63, 3.8) is 0 Å². The molecule has 0 fully saturated rings. The van der Waals surface area contributed by atoms with E-state index in [-0.39, 0.29) is 0 Å². The van der Waals surface area contributed by atoms with Gasteiger partial charge in [0.25, 0.3) is 0 Å². The van der Waals surface area contributed by atoms with E-state index < -0.39 is 11.4 Å². The van der Waals surface area contributed by atoms with Crippen molar-refractivity contribution in [3.8, 4) is 0 Å². The van der Waals surface area contributed by atoms with Crippen molar-refractivity contribution in [1.29, 1.82) is 0 Å². The van der Waals surface area contributed by atoms with Gasteiger partial charge in [0.15, 0.2) is 0 Å². The molecule has 0 saturated carbocycles. The van der Waals surface area contributed by atoms with Gasteiger partial charge in [0.1, 0.15) is 0 Å². The van der Waals surface area contributed by atoms with E-state index in [1.54, 1.807) is 27.0 Å². The van der Waals surface area contributed by atoms with Gasteiger partial charge in [0, 0.05) is 18.2 Å². The van der Waals surface area contributed by atoms with Crippen LogP contribution in [-0.4, -0.2) is 23.2 Å². The lowest BCUT2D eigenvalue weighted by Gasteiger charge is -2.13. The van der Waals surface area contributed by atoms with Crippen molar-refractivity contribution in [2.24, 2.45) is 5.41 Å². The summed E-state index contributed by atoms with van der Waals surface area (Å²) in [7, 11) is 1.68. The fraction of sp³-hybridized carbons (Fsp3) is 0.368. The van der Waals surface area contributed by atoms with Crippen molar-refractivity contribution in [2.75, 3.05) is 7.11 Å². The first-order chi connectivity index (χ1) is 10.9. The lowest BCUT2D eigenvalue weighted by molar-refractivity contribution is -0.144. The quantitative estimate of drug-likeness (QED) is 0.873. The van der Waals surface area contributed by atoms with Gasteiger partial charge in [-0.05, 0) is 43.5 Å². The summed E-state index contributed by atoms with van der Waals surface area (Å²) in [5, 5.41) is 10.2. The molecule has 0 atom stereocenters. The van der Waals surface area contributed by atoms with Crippen LogP contribution in [0.2, 0.25) is 0 Å². The molecule has 0 amide bonds. The number of aryl methyl sites for hydroxylation is 1. The third-order valence-corrected chi connectivity index (χ3v) is 3.89. The first-order valence-corrected chi connectivity index (χ1v) is 7.71. The van der Waals surface area contributed by atoms with Gasteiger partial charge in [0.2, 0.25) is 0 Å². The minimum absolute atomic E-state index is 0.556. The maximum Gasteiger partial charge on any atom is 0.312 e. The minimum Gasteiger partial charge on any atom is -0.481 e. The Hall–Kier alpha value is -2.20. The standard InChI is InChI=1S/C19H23NO3/c1-5-16-15(12-23-4)11-14-7-6-13(10-17(14)20-16)8-9-19(2,3)18(21)22/h6-11H,5,12H2,1-4H3,(H,21,22)/b9-8+. The molecular weight excluding hydrogens is 290 g/mol. The monoisotopic (exact) mass is 313 g/mol. The fourth-order valence-electron chi connectivity index (χ4n) is 2.33. The summed E-state index contributed by atoms with van der Waals surface area (Å²) >= 11 is 0. The number of aromatic nitrogens is 1. The Morgan fingerprint density at radius 1 is 1.35 bits per heavy atom. The van der Waals surface area contributed by atoms with Crippen LogP contribution in [0.1, 0.15) is 37.6 Å². The summed E-state index contributed by atoms with van der Waals surface area (Å²) in [4.78, 5) is 15.9. The van der Waals surface area contributed by atoms with Gasteiger partial charge in [-0.1, -0.05) is 31.2 Å². The van der Waals surface area contributed by atoms with Crippen LogP contribution in [0, 0.1) is 5.41 Å². The fourth-order valence-corrected chi connectivity index (χ4v) is 2.33. The van der Waals surface area contributed by atoms with Crippen LogP contribution in [0.5, 0.6) is 0 Å². The van der Waals surface area contributed by atoms with Crippen molar-refractivity contribution in [2.45, 2.75) is 33.8 Å².